The van der Waals surface area contributed by atoms with Crippen LogP contribution >= 0.6 is 0 Å². The summed E-state index contributed by atoms with van der Waals surface area (Å²) in [6.07, 6.45) is 3.14. The summed E-state index contributed by atoms with van der Waals surface area (Å²) in [5.41, 5.74) is 6.33. The van der Waals surface area contributed by atoms with E-state index >= 15 is 0 Å². The fourth-order valence-electron chi connectivity index (χ4n) is 2.99. The molecule has 0 saturated carbocycles. The first-order valence-corrected chi connectivity index (χ1v) is 10.3. The maximum Gasteiger partial charge on any atom is 0.286 e. The Hall–Kier alpha value is -3.30. The van der Waals surface area contributed by atoms with Gasteiger partial charge in [0.05, 0.1) is 23.3 Å². The molecule has 2 N–H and O–H groups in total. The molecular formula is C20H17N4O4S. The molecule has 1 aliphatic rings. The van der Waals surface area contributed by atoms with Crippen LogP contribution in [0.25, 0.3) is 0 Å². The van der Waals surface area contributed by atoms with E-state index in [0.717, 1.165) is 0 Å². The highest BCUT2D eigenvalue weighted by atomic mass is 32.2. The molecule has 0 spiro atoms. The number of hydrogen-bond donors (Lipinski definition) is 1. The normalized spacial score (nSPS) is 14.2. The van der Waals surface area contributed by atoms with Crippen molar-refractivity contribution in [3.05, 3.63) is 77.9 Å². The summed E-state index contributed by atoms with van der Waals surface area (Å²) >= 11 is 0. The van der Waals surface area contributed by atoms with E-state index in [2.05, 4.69) is 16.2 Å². The van der Waals surface area contributed by atoms with Gasteiger partial charge in [-0.2, -0.15) is 4.31 Å². The lowest BCUT2D eigenvalue weighted by Gasteiger charge is -2.27. The van der Waals surface area contributed by atoms with Crippen molar-refractivity contribution in [3.8, 4) is 11.5 Å². The lowest BCUT2D eigenvalue weighted by atomic mass is 10.1. The number of nitrogens with zero attached hydrogens (tertiary/aromatic N) is 3. The molecule has 0 atom stereocenters. The van der Waals surface area contributed by atoms with E-state index in [4.69, 9.17) is 10.5 Å². The van der Waals surface area contributed by atoms with E-state index in [1.54, 1.807) is 12.1 Å². The van der Waals surface area contributed by atoms with Gasteiger partial charge in [-0.3, -0.25) is 4.79 Å². The molecule has 3 aromatic rings. The predicted molar refractivity (Wildman–Crippen MR) is 104 cm³/mol. The standard InChI is InChI=1S/C20H17N4O4S/c21-19(25)20-22-12-14-10-11-24(13-18(14)23-20)29(26,27)17-8-6-16(7-9-17)28-15-4-2-1-3-5-15/h1-9H,10-11,13H2,(H2,21,25). The number of amides is 1. The van der Waals surface area contributed by atoms with E-state index in [1.807, 2.05) is 30.3 Å². The van der Waals surface area contributed by atoms with Gasteiger partial charge in [-0.05, 0) is 42.8 Å². The molecule has 4 rings (SSSR count). The summed E-state index contributed by atoms with van der Waals surface area (Å²) in [5.74, 6) is 0.243. The second-order valence-electron chi connectivity index (χ2n) is 6.42. The predicted octanol–water partition coefficient (Wildman–Crippen LogP) is 1.91. The van der Waals surface area contributed by atoms with Gasteiger partial charge in [0.15, 0.2) is 0 Å². The number of rotatable bonds is 5. The Balaban J connectivity index is 1.54. The van der Waals surface area contributed by atoms with Crippen LogP contribution in [0, 0.1) is 6.20 Å². The lowest BCUT2D eigenvalue weighted by molar-refractivity contribution is 0.0989. The smallest absolute Gasteiger partial charge is 0.286 e. The van der Waals surface area contributed by atoms with Gasteiger partial charge in [-0.15, -0.1) is 0 Å². The van der Waals surface area contributed by atoms with Gasteiger partial charge in [0.2, 0.25) is 15.8 Å². The third-order valence-electron chi connectivity index (χ3n) is 4.48. The Morgan fingerprint density at radius 2 is 1.76 bits per heavy atom. The van der Waals surface area contributed by atoms with Crippen molar-refractivity contribution in [1.82, 2.24) is 14.3 Å². The molecule has 0 aliphatic carbocycles. The minimum Gasteiger partial charge on any atom is -0.457 e. The number of ether oxygens (including phenoxy) is 1. The van der Waals surface area contributed by atoms with Crippen LogP contribution in [0.5, 0.6) is 11.5 Å². The van der Waals surface area contributed by atoms with Crippen LogP contribution in [-0.2, 0) is 23.0 Å². The van der Waals surface area contributed by atoms with Crippen molar-refractivity contribution in [1.29, 1.82) is 0 Å². The molecule has 8 nitrogen and oxygen atoms in total. The highest BCUT2D eigenvalue weighted by Gasteiger charge is 2.30. The van der Waals surface area contributed by atoms with Gasteiger partial charge in [0.1, 0.15) is 11.5 Å². The van der Waals surface area contributed by atoms with E-state index in [1.165, 1.54) is 16.4 Å². The Morgan fingerprint density at radius 1 is 1.07 bits per heavy atom. The molecule has 0 fully saturated rings. The van der Waals surface area contributed by atoms with Crippen LogP contribution in [0.15, 0.2) is 59.5 Å². The maximum absolute atomic E-state index is 13.0. The molecule has 0 bridgehead atoms. The number of sulfonamides is 1. The van der Waals surface area contributed by atoms with Crippen molar-refractivity contribution in [2.75, 3.05) is 6.54 Å². The summed E-state index contributed by atoms with van der Waals surface area (Å²) in [4.78, 5) is 19.3. The van der Waals surface area contributed by atoms with Crippen LogP contribution in [-0.4, -0.2) is 35.1 Å². The van der Waals surface area contributed by atoms with Gasteiger partial charge < -0.3 is 10.5 Å². The van der Waals surface area contributed by atoms with Crippen LogP contribution < -0.4 is 10.5 Å². The van der Waals surface area contributed by atoms with Crippen molar-refractivity contribution in [2.24, 2.45) is 5.73 Å². The second-order valence-corrected chi connectivity index (χ2v) is 8.36. The molecule has 0 unspecified atom stereocenters. The molecule has 147 valence electrons. The molecular weight excluding hydrogens is 392 g/mol. The fourth-order valence-corrected chi connectivity index (χ4v) is 4.39. The van der Waals surface area contributed by atoms with Gasteiger partial charge in [-0.1, -0.05) is 18.2 Å². The van der Waals surface area contributed by atoms with Gasteiger partial charge in [0.25, 0.3) is 5.91 Å². The zero-order valence-electron chi connectivity index (χ0n) is 15.3. The minimum absolute atomic E-state index is 0.0270. The first-order valence-electron chi connectivity index (χ1n) is 8.84. The number of carbonyl (C=O) groups is 1. The van der Waals surface area contributed by atoms with E-state index in [9.17, 15) is 13.2 Å². The average molecular weight is 409 g/mol. The number of nitrogens with two attached hydrogens (primary N) is 1. The zero-order chi connectivity index (χ0) is 20.4. The van der Waals surface area contributed by atoms with Crippen molar-refractivity contribution < 1.29 is 17.9 Å². The zero-order valence-corrected chi connectivity index (χ0v) is 16.1. The summed E-state index contributed by atoms with van der Waals surface area (Å²) in [5, 5.41) is 0. The monoisotopic (exact) mass is 409 g/mol. The summed E-state index contributed by atoms with van der Waals surface area (Å²) in [6, 6.07) is 15.4. The molecule has 1 amide bonds. The van der Waals surface area contributed by atoms with Crippen molar-refractivity contribution in [2.45, 2.75) is 17.9 Å². The Labute approximate surface area is 168 Å². The average Bonchev–Trinajstić information content (AvgIpc) is 2.74. The molecule has 29 heavy (non-hydrogen) atoms. The van der Waals surface area contributed by atoms with E-state index in [-0.39, 0.29) is 23.8 Å². The van der Waals surface area contributed by atoms with Gasteiger partial charge in [0, 0.05) is 12.1 Å². The number of hydrogen-bond acceptors (Lipinski definition) is 6. The molecule has 0 saturated heterocycles. The Bertz CT molecular complexity index is 1150. The second kappa shape index (κ2) is 7.61. The highest BCUT2D eigenvalue weighted by Crippen LogP contribution is 2.26. The molecule has 2 heterocycles. The third kappa shape index (κ3) is 3.96. The van der Waals surface area contributed by atoms with E-state index < -0.39 is 15.9 Å². The lowest BCUT2D eigenvalue weighted by Crippen LogP contribution is -2.37. The topological polar surface area (TPSA) is 115 Å². The number of carbonyl (C=O) groups excluding carboxylic acids is 1. The van der Waals surface area contributed by atoms with Crippen LogP contribution in [0.1, 0.15) is 21.9 Å². The number of aromatic nitrogens is 2. The van der Waals surface area contributed by atoms with E-state index in [0.29, 0.717) is 29.2 Å². The van der Waals surface area contributed by atoms with Gasteiger partial charge in [-0.25, -0.2) is 18.4 Å². The quantitative estimate of drug-likeness (QED) is 0.688. The number of primary amides is 1. The maximum atomic E-state index is 13.0. The summed E-state index contributed by atoms with van der Waals surface area (Å²) in [6.45, 7) is 0.298. The molecule has 1 aromatic heterocycles. The van der Waals surface area contributed by atoms with Crippen LogP contribution in [0.3, 0.4) is 0 Å². The number of para-hydroxylation sites is 1. The van der Waals surface area contributed by atoms with Crippen LogP contribution in [0.4, 0.5) is 0 Å². The SMILES string of the molecule is NC(=O)c1n[c]c2c(n1)CN(S(=O)(=O)c1ccc(Oc3ccccc3)cc1)CC2. The summed E-state index contributed by atoms with van der Waals surface area (Å²) < 4.78 is 33.1. The number of fused-ring (bicyclic) bond motifs is 1. The molecule has 1 radical (unpaired) electrons. The first-order chi connectivity index (χ1) is 13.9. The first kappa shape index (κ1) is 19.0. The largest absolute Gasteiger partial charge is 0.457 e. The summed E-state index contributed by atoms with van der Waals surface area (Å²) in [7, 11) is -3.74. The molecule has 2 aromatic carbocycles. The third-order valence-corrected chi connectivity index (χ3v) is 6.34. The number of benzene rings is 2. The highest BCUT2D eigenvalue weighted by molar-refractivity contribution is 7.89. The van der Waals surface area contributed by atoms with Gasteiger partial charge >= 0.3 is 0 Å². The molecule has 1 aliphatic heterocycles. The Kier molecular flexibility index (Phi) is 4.99. The van der Waals surface area contributed by atoms with Crippen molar-refractivity contribution >= 4 is 15.9 Å². The fraction of sp³-hybridized carbons (Fsp3) is 0.150. The van der Waals surface area contributed by atoms with Crippen molar-refractivity contribution in [3.63, 3.8) is 0 Å². The Morgan fingerprint density at radius 3 is 2.45 bits per heavy atom. The van der Waals surface area contributed by atoms with Crippen LogP contribution in [0.2, 0.25) is 0 Å². The molecule has 9 heteroatoms. The minimum atomic E-state index is -3.74.